The molecule has 0 aliphatic heterocycles. The first-order valence-electron chi connectivity index (χ1n) is 26.4. The van der Waals surface area contributed by atoms with Crippen LogP contribution in [0.2, 0.25) is 0 Å². The number of aliphatic hydroxyl groups is 1. The number of nitrogens with two attached hydrogens (primary N) is 1. The van der Waals surface area contributed by atoms with Crippen molar-refractivity contribution in [3.8, 4) is 0 Å². The molecule has 0 aliphatic rings. The lowest BCUT2D eigenvalue weighted by Crippen LogP contribution is -2.45. The minimum Gasteiger partial charge on any atom is -0.387 e. The largest absolute Gasteiger partial charge is 0.472 e. The van der Waals surface area contributed by atoms with Crippen molar-refractivity contribution >= 4 is 13.7 Å². The molecule has 5 N–H and O–H groups in total. The Labute approximate surface area is 389 Å². The molecular weight excluding hydrogens is 804 g/mol. The first-order chi connectivity index (χ1) is 30.9. The van der Waals surface area contributed by atoms with Crippen molar-refractivity contribution in [2.45, 2.75) is 257 Å². The Bertz CT molecular complexity index is 1170. The minimum atomic E-state index is -4.36. The van der Waals surface area contributed by atoms with Crippen molar-refractivity contribution in [1.82, 2.24) is 5.32 Å². The zero-order chi connectivity index (χ0) is 46.0. The molecule has 63 heavy (non-hydrogen) atoms. The molecule has 0 spiro atoms. The van der Waals surface area contributed by atoms with E-state index in [0.29, 0.717) is 6.42 Å². The van der Waals surface area contributed by atoms with Gasteiger partial charge in [0.05, 0.1) is 25.4 Å². The van der Waals surface area contributed by atoms with Crippen LogP contribution >= 0.6 is 7.82 Å². The lowest BCUT2D eigenvalue weighted by atomic mass is 10.0. The van der Waals surface area contributed by atoms with Crippen LogP contribution in [0.15, 0.2) is 60.8 Å². The highest BCUT2D eigenvalue weighted by Gasteiger charge is 2.26. The molecule has 0 saturated heterocycles. The molecule has 9 heteroatoms. The second kappa shape index (κ2) is 49.6. The van der Waals surface area contributed by atoms with Crippen LogP contribution in [0.5, 0.6) is 0 Å². The van der Waals surface area contributed by atoms with Crippen molar-refractivity contribution in [1.29, 1.82) is 0 Å². The van der Waals surface area contributed by atoms with Gasteiger partial charge in [0.2, 0.25) is 5.91 Å². The molecule has 0 bridgehead atoms. The summed E-state index contributed by atoms with van der Waals surface area (Å²) < 4.78 is 22.2. The standard InChI is InChI=1S/C54H101N2O6P/c1-3-5-7-9-11-13-15-17-19-21-23-25-26-28-30-32-34-36-38-40-42-44-46-48-54(58)56-52(51-62-63(59,60)61-50-49-55)53(57)47-45-43-41-39-37-35-33-31-29-27-24-22-20-18-16-14-12-10-8-6-4-2/h15,17,21,23,26,28,37,39,45,47,52-53,57H,3-14,16,18-20,22,24-25,27,29-36,38,40-44,46,48-51,55H2,1-2H3,(H,56,58)(H,59,60)/b17-15-,23-21-,28-26-,39-37+,47-45+. The van der Waals surface area contributed by atoms with Gasteiger partial charge in [-0.3, -0.25) is 13.8 Å². The van der Waals surface area contributed by atoms with Gasteiger partial charge in [0.25, 0.3) is 0 Å². The van der Waals surface area contributed by atoms with E-state index in [-0.39, 0.29) is 25.7 Å². The zero-order valence-corrected chi connectivity index (χ0v) is 42.0. The summed E-state index contributed by atoms with van der Waals surface area (Å²) in [4.78, 5) is 22.8. The fourth-order valence-corrected chi connectivity index (χ4v) is 8.33. The number of unbranched alkanes of at least 4 members (excludes halogenated alkanes) is 29. The van der Waals surface area contributed by atoms with Crippen molar-refractivity contribution in [3.05, 3.63) is 60.8 Å². The second-order valence-corrected chi connectivity index (χ2v) is 19.2. The van der Waals surface area contributed by atoms with Gasteiger partial charge in [0.1, 0.15) is 0 Å². The van der Waals surface area contributed by atoms with Crippen molar-refractivity contribution in [3.63, 3.8) is 0 Å². The summed E-state index contributed by atoms with van der Waals surface area (Å²) in [5, 5.41) is 13.7. The molecule has 0 radical (unpaired) electrons. The summed E-state index contributed by atoms with van der Waals surface area (Å²) in [6, 6.07) is -0.885. The Hall–Kier alpha value is -1.80. The topological polar surface area (TPSA) is 131 Å². The predicted molar refractivity (Wildman–Crippen MR) is 272 cm³/mol. The number of nitrogens with one attached hydrogen (secondary N) is 1. The van der Waals surface area contributed by atoms with Gasteiger partial charge in [0.15, 0.2) is 0 Å². The minimum absolute atomic E-state index is 0.0707. The molecule has 0 heterocycles. The maximum absolute atomic E-state index is 12.8. The van der Waals surface area contributed by atoms with Crippen LogP contribution in [0.4, 0.5) is 0 Å². The van der Waals surface area contributed by atoms with Crippen LogP contribution in [-0.4, -0.2) is 47.8 Å². The van der Waals surface area contributed by atoms with Gasteiger partial charge in [-0.05, 0) is 70.6 Å². The number of aliphatic hydroxyl groups excluding tert-OH is 1. The number of rotatable bonds is 49. The van der Waals surface area contributed by atoms with Gasteiger partial charge in [0, 0.05) is 13.0 Å². The fraction of sp³-hybridized carbons (Fsp3) is 0.796. The average Bonchev–Trinajstić information content (AvgIpc) is 3.27. The second-order valence-electron chi connectivity index (χ2n) is 17.7. The van der Waals surface area contributed by atoms with E-state index < -0.39 is 20.0 Å². The van der Waals surface area contributed by atoms with E-state index in [1.807, 2.05) is 6.08 Å². The first-order valence-corrected chi connectivity index (χ1v) is 27.9. The molecular formula is C54H101N2O6P. The van der Waals surface area contributed by atoms with E-state index in [1.165, 1.54) is 167 Å². The molecule has 0 aliphatic carbocycles. The molecule has 0 aromatic heterocycles. The lowest BCUT2D eigenvalue weighted by Gasteiger charge is -2.23. The number of hydrogen-bond acceptors (Lipinski definition) is 6. The van der Waals surface area contributed by atoms with Crippen molar-refractivity contribution < 1.29 is 28.4 Å². The van der Waals surface area contributed by atoms with Gasteiger partial charge >= 0.3 is 7.82 Å². The first kappa shape index (κ1) is 61.2. The van der Waals surface area contributed by atoms with Crippen LogP contribution < -0.4 is 11.1 Å². The van der Waals surface area contributed by atoms with E-state index >= 15 is 0 Å². The van der Waals surface area contributed by atoms with Crippen LogP contribution in [-0.2, 0) is 18.4 Å². The summed E-state index contributed by atoms with van der Waals surface area (Å²) >= 11 is 0. The number of hydrogen-bond donors (Lipinski definition) is 4. The Morgan fingerprint density at radius 3 is 1.33 bits per heavy atom. The summed E-state index contributed by atoms with van der Waals surface area (Å²) in [7, 11) is -4.36. The van der Waals surface area contributed by atoms with E-state index in [1.54, 1.807) is 6.08 Å². The Morgan fingerprint density at radius 1 is 0.524 bits per heavy atom. The Kier molecular flexibility index (Phi) is 48.2. The summed E-state index contributed by atoms with van der Waals surface area (Å²) in [5.74, 6) is -0.211. The number of allylic oxidation sites excluding steroid dienone is 9. The Morgan fingerprint density at radius 2 is 0.889 bits per heavy atom. The number of carbonyl (C=O) groups excluding carboxylic acids is 1. The third-order valence-corrected chi connectivity index (χ3v) is 12.5. The van der Waals surface area contributed by atoms with Gasteiger partial charge in [-0.15, -0.1) is 0 Å². The predicted octanol–water partition coefficient (Wildman–Crippen LogP) is 15.8. The van der Waals surface area contributed by atoms with Crippen LogP contribution in [0, 0.1) is 0 Å². The fourth-order valence-electron chi connectivity index (χ4n) is 7.57. The van der Waals surface area contributed by atoms with Gasteiger partial charge in [-0.1, -0.05) is 229 Å². The highest BCUT2D eigenvalue weighted by atomic mass is 31.2. The molecule has 8 nitrogen and oxygen atoms in total. The maximum Gasteiger partial charge on any atom is 0.472 e. The highest BCUT2D eigenvalue weighted by Crippen LogP contribution is 2.43. The van der Waals surface area contributed by atoms with Gasteiger partial charge in [-0.2, -0.15) is 0 Å². The quantitative estimate of drug-likeness (QED) is 0.0272. The molecule has 0 fully saturated rings. The van der Waals surface area contributed by atoms with E-state index in [2.05, 4.69) is 67.8 Å². The number of amides is 1. The molecule has 0 aromatic rings. The smallest absolute Gasteiger partial charge is 0.387 e. The molecule has 0 rings (SSSR count). The van der Waals surface area contributed by atoms with Gasteiger partial charge in [-0.25, -0.2) is 4.57 Å². The lowest BCUT2D eigenvalue weighted by molar-refractivity contribution is -0.123. The SMILES string of the molecule is CCCCCCC/C=C\C/C=C\C/C=C\CCCCCCCCCCC(=O)NC(COP(=O)(O)OCCN)C(O)/C=C/CC/C=C/CCCCCCCCCCCCCCCCC. The average molecular weight is 905 g/mol. The summed E-state index contributed by atoms with van der Waals surface area (Å²) in [5.41, 5.74) is 5.39. The molecule has 3 unspecified atom stereocenters. The summed E-state index contributed by atoms with van der Waals surface area (Å²) in [6.07, 6.45) is 64.3. The van der Waals surface area contributed by atoms with Crippen LogP contribution in [0.1, 0.15) is 245 Å². The van der Waals surface area contributed by atoms with E-state index in [4.69, 9.17) is 14.8 Å². The molecule has 0 saturated carbocycles. The van der Waals surface area contributed by atoms with Crippen molar-refractivity contribution in [2.75, 3.05) is 19.8 Å². The number of phosphoric ester groups is 1. The van der Waals surface area contributed by atoms with Gasteiger partial charge < -0.3 is 21.1 Å². The number of carbonyl (C=O) groups is 1. The Balaban J connectivity index is 4.15. The third kappa shape index (κ3) is 48.0. The third-order valence-electron chi connectivity index (χ3n) is 11.6. The zero-order valence-electron chi connectivity index (χ0n) is 41.1. The van der Waals surface area contributed by atoms with E-state index in [0.717, 1.165) is 57.8 Å². The normalized spacial score (nSPS) is 14.3. The number of phosphoric acid groups is 1. The van der Waals surface area contributed by atoms with Crippen LogP contribution in [0.3, 0.4) is 0 Å². The summed E-state index contributed by atoms with van der Waals surface area (Å²) in [6.45, 7) is 4.12. The van der Waals surface area contributed by atoms with Crippen LogP contribution in [0.25, 0.3) is 0 Å². The molecule has 3 atom stereocenters. The van der Waals surface area contributed by atoms with Crippen molar-refractivity contribution in [2.24, 2.45) is 5.73 Å². The highest BCUT2D eigenvalue weighted by molar-refractivity contribution is 7.47. The molecule has 0 aromatic carbocycles. The monoisotopic (exact) mass is 905 g/mol. The molecule has 1 amide bonds. The van der Waals surface area contributed by atoms with E-state index in [9.17, 15) is 19.4 Å². The maximum atomic E-state index is 12.8. The molecule has 368 valence electrons.